The first-order chi connectivity index (χ1) is 11.1. The average molecular weight is 314 g/mol. The number of benzene rings is 2. The number of nitrogens with one attached hydrogen (secondary N) is 1. The molecule has 1 aliphatic rings. The van der Waals surface area contributed by atoms with Gasteiger partial charge in [-0.05, 0) is 29.8 Å². The fraction of sp³-hybridized carbons (Fsp3) is 0.278. The fourth-order valence-corrected chi connectivity index (χ4v) is 2.76. The molecule has 0 radical (unpaired) electrons. The molecule has 2 aromatic rings. The summed E-state index contributed by atoms with van der Waals surface area (Å²) in [6.45, 7) is 3.91. The van der Waals surface area contributed by atoms with Crippen LogP contribution in [0.1, 0.15) is 18.1 Å². The molecule has 1 aliphatic heterocycles. The normalized spacial score (nSPS) is 14.5. The molecule has 1 heterocycles. The highest BCUT2D eigenvalue weighted by Gasteiger charge is 2.18. The third-order valence-corrected chi connectivity index (χ3v) is 3.78. The summed E-state index contributed by atoms with van der Waals surface area (Å²) in [5.74, 6) is 0.294. The first-order valence-corrected chi connectivity index (χ1v) is 7.61. The summed E-state index contributed by atoms with van der Waals surface area (Å²) in [5, 5.41) is 2.78. The number of ether oxygens (including phenoxy) is 1. The summed E-state index contributed by atoms with van der Waals surface area (Å²) in [6, 6.07) is 12.6. The second kappa shape index (κ2) is 6.79. The van der Waals surface area contributed by atoms with Gasteiger partial charge in [0.15, 0.2) is 0 Å². The number of carbonyl (C=O) groups is 1. The van der Waals surface area contributed by atoms with E-state index in [9.17, 15) is 9.18 Å². The molecule has 23 heavy (non-hydrogen) atoms. The molecule has 2 aromatic carbocycles. The number of hydrogen-bond donors (Lipinski definition) is 1. The monoisotopic (exact) mass is 314 g/mol. The smallest absolute Gasteiger partial charge is 0.221 e. The van der Waals surface area contributed by atoms with Crippen molar-refractivity contribution in [1.29, 1.82) is 0 Å². The van der Waals surface area contributed by atoms with Crippen LogP contribution in [0, 0.1) is 5.82 Å². The molecule has 0 bridgehead atoms. The van der Waals surface area contributed by atoms with Gasteiger partial charge in [0.1, 0.15) is 18.2 Å². The highest BCUT2D eigenvalue weighted by atomic mass is 19.1. The maximum absolute atomic E-state index is 14.0. The van der Waals surface area contributed by atoms with E-state index in [2.05, 4.69) is 10.2 Å². The summed E-state index contributed by atoms with van der Waals surface area (Å²) in [5.41, 5.74) is 2.44. The number of fused-ring (bicyclic) bond motifs is 1. The third-order valence-electron chi connectivity index (χ3n) is 3.78. The zero-order chi connectivity index (χ0) is 16.2. The Labute approximate surface area is 134 Å². The molecule has 120 valence electrons. The Balaban J connectivity index is 1.75. The highest BCUT2D eigenvalue weighted by Crippen LogP contribution is 2.26. The van der Waals surface area contributed by atoms with Crippen molar-refractivity contribution in [2.24, 2.45) is 0 Å². The molecule has 0 aromatic heterocycles. The van der Waals surface area contributed by atoms with Gasteiger partial charge >= 0.3 is 0 Å². The van der Waals surface area contributed by atoms with Crippen molar-refractivity contribution in [3.05, 3.63) is 59.4 Å². The zero-order valence-electron chi connectivity index (χ0n) is 13.0. The van der Waals surface area contributed by atoms with E-state index in [1.165, 1.54) is 13.0 Å². The lowest BCUT2D eigenvalue weighted by molar-refractivity contribution is -0.114. The average Bonchev–Trinajstić information content (AvgIpc) is 2.70. The summed E-state index contributed by atoms with van der Waals surface area (Å²) in [6.07, 6.45) is 0. The second-order valence-electron chi connectivity index (χ2n) is 5.66. The summed E-state index contributed by atoms with van der Waals surface area (Å²) in [4.78, 5) is 13.3. The fourth-order valence-electron chi connectivity index (χ4n) is 2.76. The van der Waals surface area contributed by atoms with Gasteiger partial charge in [-0.15, -0.1) is 0 Å². The molecular weight excluding hydrogens is 295 g/mol. The van der Waals surface area contributed by atoms with Crippen molar-refractivity contribution in [2.75, 3.05) is 18.5 Å². The van der Waals surface area contributed by atoms with Gasteiger partial charge in [-0.25, -0.2) is 4.39 Å². The van der Waals surface area contributed by atoms with Crippen LogP contribution in [0.5, 0.6) is 5.75 Å². The first kappa shape index (κ1) is 15.5. The van der Waals surface area contributed by atoms with Crippen molar-refractivity contribution < 1.29 is 13.9 Å². The number of halogens is 1. The van der Waals surface area contributed by atoms with Gasteiger partial charge in [-0.3, -0.25) is 9.69 Å². The van der Waals surface area contributed by atoms with Crippen LogP contribution >= 0.6 is 0 Å². The van der Waals surface area contributed by atoms with E-state index < -0.39 is 0 Å². The molecule has 0 atom stereocenters. The molecule has 0 aliphatic carbocycles. The van der Waals surface area contributed by atoms with Crippen molar-refractivity contribution >= 4 is 11.6 Å². The molecule has 4 nitrogen and oxygen atoms in total. The Morgan fingerprint density at radius 2 is 2.13 bits per heavy atom. The highest BCUT2D eigenvalue weighted by molar-refractivity contribution is 5.88. The van der Waals surface area contributed by atoms with Gasteiger partial charge in [0.25, 0.3) is 0 Å². The van der Waals surface area contributed by atoms with E-state index >= 15 is 0 Å². The molecule has 3 rings (SSSR count). The minimum atomic E-state index is -0.235. The number of amides is 1. The molecule has 0 saturated heterocycles. The molecule has 1 amide bonds. The second-order valence-corrected chi connectivity index (χ2v) is 5.66. The van der Waals surface area contributed by atoms with Crippen LogP contribution in [0.3, 0.4) is 0 Å². The number of carbonyl (C=O) groups excluding carboxylic acids is 1. The van der Waals surface area contributed by atoms with Crippen molar-refractivity contribution in [3.8, 4) is 5.75 Å². The summed E-state index contributed by atoms with van der Waals surface area (Å²) < 4.78 is 19.7. The maximum atomic E-state index is 14.0. The molecule has 0 spiro atoms. The first-order valence-electron chi connectivity index (χ1n) is 7.61. The predicted octanol–water partition coefficient (Wildman–Crippen LogP) is 3.18. The van der Waals surface area contributed by atoms with Gasteiger partial charge in [-0.1, -0.05) is 18.2 Å². The van der Waals surface area contributed by atoms with E-state index in [1.807, 2.05) is 24.3 Å². The van der Waals surface area contributed by atoms with Crippen LogP contribution in [-0.4, -0.2) is 24.0 Å². The van der Waals surface area contributed by atoms with Crippen LogP contribution in [0.25, 0.3) is 0 Å². The number of hydrogen-bond acceptors (Lipinski definition) is 3. The van der Waals surface area contributed by atoms with E-state index in [1.54, 1.807) is 12.1 Å². The topological polar surface area (TPSA) is 41.6 Å². The van der Waals surface area contributed by atoms with Crippen molar-refractivity contribution in [3.63, 3.8) is 0 Å². The van der Waals surface area contributed by atoms with Crippen LogP contribution in [0.2, 0.25) is 0 Å². The van der Waals surface area contributed by atoms with Gasteiger partial charge in [-0.2, -0.15) is 0 Å². The minimum Gasteiger partial charge on any atom is -0.492 e. The van der Waals surface area contributed by atoms with Crippen LogP contribution in [0.4, 0.5) is 10.1 Å². The minimum absolute atomic E-state index is 0.0960. The van der Waals surface area contributed by atoms with Gasteiger partial charge < -0.3 is 10.1 Å². The molecule has 0 unspecified atom stereocenters. The molecule has 0 saturated carbocycles. The predicted molar refractivity (Wildman–Crippen MR) is 86.8 cm³/mol. The van der Waals surface area contributed by atoms with E-state index in [0.29, 0.717) is 31.0 Å². The zero-order valence-corrected chi connectivity index (χ0v) is 13.0. The third kappa shape index (κ3) is 3.87. The number of nitrogens with zero attached hydrogens (tertiary/aromatic N) is 1. The van der Waals surface area contributed by atoms with Crippen molar-refractivity contribution in [2.45, 2.75) is 20.0 Å². The Morgan fingerprint density at radius 3 is 2.96 bits per heavy atom. The summed E-state index contributed by atoms with van der Waals surface area (Å²) in [7, 11) is 0. The Bertz CT molecular complexity index is 718. The maximum Gasteiger partial charge on any atom is 0.221 e. The van der Waals surface area contributed by atoms with Gasteiger partial charge in [0.2, 0.25) is 5.91 Å². The van der Waals surface area contributed by atoms with Crippen LogP contribution in [-0.2, 0) is 17.9 Å². The largest absolute Gasteiger partial charge is 0.492 e. The lowest BCUT2D eigenvalue weighted by atomic mass is 10.1. The van der Waals surface area contributed by atoms with Gasteiger partial charge in [0.05, 0.1) is 0 Å². The standard InChI is InChI=1S/C18H19FN2O2/c1-13(22)20-15-5-2-4-14(10-15)11-21-8-9-23-18-7-3-6-17(19)16(18)12-21/h2-7,10H,8-9,11-12H2,1H3,(H,20,22). The summed E-state index contributed by atoms with van der Waals surface area (Å²) >= 11 is 0. The molecule has 5 heteroatoms. The van der Waals surface area contributed by atoms with E-state index in [0.717, 1.165) is 17.8 Å². The molecule has 0 fully saturated rings. The lowest BCUT2D eigenvalue weighted by Gasteiger charge is -2.20. The van der Waals surface area contributed by atoms with E-state index in [4.69, 9.17) is 4.74 Å². The SMILES string of the molecule is CC(=O)Nc1cccc(CN2CCOc3cccc(F)c3C2)c1. The van der Waals surface area contributed by atoms with Gasteiger partial charge in [0, 0.05) is 37.8 Å². The lowest BCUT2D eigenvalue weighted by Crippen LogP contribution is -2.25. The van der Waals surface area contributed by atoms with E-state index in [-0.39, 0.29) is 11.7 Å². The molecular formula is C18H19FN2O2. The number of anilines is 1. The van der Waals surface area contributed by atoms with Crippen LogP contribution < -0.4 is 10.1 Å². The Hall–Kier alpha value is -2.40. The Morgan fingerprint density at radius 1 is 1.30 bits per heavy atom. The quantitative estimate of drug-likeness (QED) is 0.946. The van der Waals surface area contributed by atoms with Crippen molar-refractivity contribution in [1.82, 2.24) is 4.90 Å². The molecule has 1 N–H and O–H groups in total. The number of rotatable bonds is 3. The Kier molecular flexibility index (Phi) is 4.57. The van der Waals surface area contributed by atoms with Crippen LogP contribution in [0.15, 0.2) is 42.5 Å².